The van der Waals surface area contributed by atoms with Gasteiger partial charge in [0, 0.05) is 19.6 Å². The highest BCUT2D eigenvalue weighted by molar-refractivity contribution is 5.88. The molecule has 0 aromatic rings. The Kier molecular flexibility index (Phi) is 6.94. The summed E-state index contributed by atoms with van der Waals surface area (Å²) in [6.45, 7) is 6.22. The van der Waals surface area contributed by atoms with Gasteiger partial charge >= 0.3 is 0 Å². The summed E-state index contributed by atoms with van der Waals surface area (Å²) < 4.78 is 0. The van der Waals surface area contributed by atoms with Crippen LogP contribution in [0.3, 0.4) is 0 Å². The second-order valence-corrected chi connectivity index (χ2v) is 6.52. The third-order valence-corrected chi connectivity index (χ3v) is 4.59. The normalized spacial score (nSPS) is 21.6. The monoisotopic (exact) mass is 317 g/mol. The maximum atomic E-state index is 12.2. The van der Waals surface area contributed by atoms with Crippen molar-refractivity contribution in [1.29, 1.82) is 0 Å². The fourth-order valence-electron chi connectivity index (χ4n) is 3.09. The number of hydrogen-bond acceptors (Lipinski definition) is 3. The largest absolute Gasteiger partial charge is 0.339 e. The molecule has 1 aliphatic carbocycles. The van der Waals surface area contributed by atoms with Crippen molar-refractivity contribution in [2.45, 2.75) is 45.6 Å². The number of carbonyl (C=O) groups excluding carboxylic acids is 2. The van der Waals surface area contributed by atoms with Crippen molar-refractivity contribution in [3.8, 4) is 0 Å². The molecule has 2 amide bonds. The minimum atomic E-state index is -0.496. The van der Waals surface area contributed by atoms with Crippen LogP contribution in [-0.4, -0.2) is 53.8 Å². The summed E-state index contributed by atoms with van der Waals surface area (Å²) in [5, 5.41) is 0. The van der Waals surface area contributed by atoms with Gasteiger partial charge in [0.25, 0.3) is 0 Å². The molecule has 1 aliphatic heterocycles. The molecule has 2 fully saturated rings. The lowest BCUT2D eigenvalue weighted by Gasteiger charge is -2.37. The number of amides is 2. The molecule has 122 valence electrons. The van der Waals surface area contributed by atoms with Gasteiger partial charge in [0.05, 0.1) is 12.6 Å². The number of rotatable bonds is 4. The van der Waals surface area contributed by atoms with E-state index in [2.05, 4.69) is 0 Å². The van der Waals surface area contributed by atoms with Crippen LogP contribution in [0.1, 0.15) is 39.5 Å². The second kappa shape index (κ2) is 7.99. The molecule has 0 unspecified atom stereocenters. The van der Waals surface area contributed by atoms with E-state index in [1.54, 1.807) is 4.90 Å². The third-order valence-electron chi connectivity index (χ3n) is 4.59. The summed E-state index contributed by atoms with van der Waals surface area (Å²) in [5.74, 6) is 0.759. The second-order valence-electron chi connectivity index (χ2n) is 6.52. The average Bonchev–Trinajstić information content (AvgIpc) is 2.92. The Hall–Kier alpha value is -0.810. The van der Waals surface area contributed by atoms with Gasteiger partial charge in [-0.05, 0) is 24.7 Å². The fraction of sp³-hybridized carbons (Fsp3) is 0.867. The van der Waals surface area contributed by atoms with Gasteiger partial charge in [0.1, 0.15) is 0 Å². The zero-order chi connectivity index (χ0) is 14.7. The van der Waals surface area contributed by atoms with Crippen LogP contribution >= 0.6 is 12.4 Å². The highest BCUT2D eigenvalue weighted by atomic mass is 35.5. The van der Waals surface area contributed by atoms with E-state index in [0.717, 1.165) is 6.54 Å². The summed E-state index contributed by atoms with van der Waals surface area (Å²) in [7, 11) is 0. The van der Waals surface area contributed by atoms with Crippen LogP contribution in [0.25, 0.3) is 0 Å². The van der Waals surface area contributed by atoms with E-state index in [1.807, 2.05) is 18.7 Å². The van der Waals surface area contributed by atoms with Gasteiger partial charge < -0.3 is 15.5 Å². The lowest BCUT2D eigenvalue weighted by Crippen LogP contribution is -2.57. The first-order valence-electron chi connectivity index (χ1n) is 7.81. The Bertz CT molecular complexity index is 370. The number of carbonyl (C=O) groups is 2. The Labute approximate surface area is 133 Å². The zero-order valence-corrected chi connectivity index (χ0v) is 13.9. The van der Waals surface area contributed by atoms with Gasteiger partial charge in [-0.25, -0.2) is 0 Å². The van der Waals surface area contributed by atoms with Crippen LogP contribution in [0.15, 0.2) is 0 Å². The zero-order valence-electron chi connectivity index (χ0n) is 13.1. The molecule has 0 aromatic heterocycles. The molecule has 1 saturated heterocycles. The lowest BCUT2D eigenvalue weighted by atomic mass is 10.0. The Morgan fingerprint density at radius 2 is 1.90 bits per heavy atom. The van der Waals surface area contributed by atoms with Crippen molar-refractivity contribution < 1.29 is 9.59 Å². The van der Waals surface area contributed by atoms with E-state index < -0.39 is 6.04 Å². The van der Waals surface area contributed by atoms with Crippen LogP contribution in [0.5, 0.6) is 0 Å². The van der Waals surface area contributed by atoms with E-state index in [-0.39, 0.29) is 36.7 Å². The van der Waals surface area contributed by atoms with Crippen LogP contribution < -0.4 is 5.73 Å². The molecule has 5 nitrogen and oxygen atoms in total. The summed E-state index contributed by atoms with van der Waals surface area (Å²) in [4.78, 5) is 27.9. The summed E-state index contributed by atoms with van der Waals surface area (Å²) >= 11 is 0. The number of nitrogens with two attached hydrogens (primary N) is 1. The van der Waals surface area contributed by atoms with E-state index >= 15 is 0 Å². The highest BCUT2D eigenvalue weighted by Gasteiger charge is 2.32. The molecule has 2 rings (SSSR count). The van der Waals surface area contributed by atoms with Gasteiger partial charge in [-0.1, -0.05) is 26.7 Å². The first kappa shape index (κ1) is 18.2. The minimum absolute atomic E-state index is 0. The third kappa shape index (κ3) is 4.58. The van der Waals surface area contributed by atoms with Gasteiger partial charge in [-0.15, -0.1) is 12.4 Å². The first-order chi connectivity index (χ1) is 9.49. The van der Waals surface area contributed by atoms with Crippen LogP contribution in [0.2, 0.25) is 0 Å². The number of nitrogens with zero attached hydrogens (tertiary/aromatic N) is 2. The molecule has 6 heteroatoms. The van der Waals surface area contributed by atoms with E-state index in [4.69, 9.17) is 5.73 Å². The van der Waals surface area contributed by atoms with Gasteiger partial charge in [-0.2, -0.15) is 0 Å². The molecule has 1 heterocycles. The van der Waals surface area contributed by atoms with Crippen molar-refractivity contribution in [2.75, 3.05) is 26.2 Å². The van der Waals surface area contributed by atoms with Crippen molar-refractivity contribution in [3.05, 3.63) is 0 Å². The smallest absolute Gasteiger partial charge is 0.242 e. The molecule has 1 atom stereocenters. The van der Waals surface area contributed by atoms with Crippen molar-refractivity contribution >= 4 is 24.2 Å². The topological polar surface area (TPSA) is 66.6 Å². The average molecular weight is 318 g/mol. The molecular weight excluding hydrogens is 290 g/mol. The summed E-state index contributed by atoms with van der Waals surface area (Å²) in [5.41, 5.74) is 5.89. The lowest BCUT2D eigenvalue weighted by molar-refractivity contribution is -0.146. The standard InChI is InChI=1S/C15H27N3O2.ClH/c1-11(2)14(16)15(20)18-8-7-17(13(19)10-18)9-12-5-3-4-6-12;/h11-12,14H,3-10,16H2,1-2H3;1H/t14-;/m0./s1. The van der Waals surface area contributed by atoms with Gasteiger partial charge in [0.2, 0.25) is 11.8 Å². The summed E-state index contributed by atoms with van der Waals surface area (Å²) in [6.07, 6.45) is 5.07. The van der Waals surface area contributed by atoms with E-state index in [0.29, 0.717) is 19.0 Å². The van der Waals surface area contributed by atoms with Crippen molar-refractivity contribution in [1.82, 2.24) is 9.80 Å². The molecule has 2 N–H and O–H groups in total. The van der Waals surface area contributed by atoms with Crippen molar-refractivity contribution in [3.63, 3.8) is 0 Å². The maximum absolute atomic E-state index is 12.2. The Balaban J connectivity index is 0.00000220. The van der Waals surface area contributed by atoms with E-state index in [1.165, 1.54) is 25.7 Å². The predicted octanol–water partition coefficient (Wildman–Crippen LogP) is 1.25. The number of piperazine rings is 1. The number of halogens is 1. The fourth-order valence-corrected chi connectivity index (χ4v) is 3.09. The molecule has 0 aromatic carbocycles. The van der Waals surface area contributed by atoms with Crippen LogP contribution in [0, 0.1) is 11.8 Å². The SMILES string of the molecule is CC(C)[C@H](N)C(=O)N1CCN(CC2CCCC2)C(=O)C1.Cl. The quantitative estimate of drug-likeness (QED) is 0.848. The molecule has 0 bridgehead atoms. The number of hydrogen-bond donors (Lipinski definition) is 1. The Morgan fingerprint density at radius 3 is 2.43 bits per heavy atom. The molecule has 0 spiro atoms. The molecular formula is C15H28ClN3O2. The summed E-state index contributed by atoms with van der Waals surface area (Å²) in [6, 6.07) is -0.496. The van der Waals surface area contributed by atoms with Crippen LogP contribution in [-0.2, 0) is 9.59 Å². The van der Waals surface area contributed by atoms with Crippen LogP contribution in [0.4, 0.5) is 0 Å². The van der Waals surface area contributed by atoms with E-state index in [9.17, 15) is 9.59 Å². The van der Waals surface area contributed by atoms with Gasteiger partial charge in [-0.3, -0.25) is 9.59 Å². The maximum Gasteiger partial charge on any atom is 0.242 e. The minimum Gasteiger partial charge on any atom is -0.339 e. The highest BCUT2D eigenvalue weighted by Crippen LogP contribution is 2.26. The van der Waals surface area contributed by atoms with Gasteiger partial charge in [0.15, 0.2) is 0 Å². The predicted molar refractivity (Wildman–Crippen MR) is 85.2 cm³/mol. The molecule has 1 saturated carbocycles. The van der Waals surface area contributed by atoms with Crippen molar-refractivity contribution in [2.24, 2.45) is 17.6 Å². The Morgan fingerprint density at radius 1 is 1.29 bits per heavy atom. The molecule has 21 heavy (non-hydrogen) atoms. The molecule has 0 radical (unpaired) electrons. The molecule has 2 aliphatic rings. The first-order valence-corrected chi connectivity index (χ1v) is 7.81.